The van der Waals surface area contributed by atoms with E-state index in [0.29, 0.717) is 22.3 Å². The monoisotopic (exact) mass is 432 g/mol. The topological polar surface area (TPSA) is 94.7 Å². The molecule has 0 aliphatic carbocycles. The molecule has 2 aromatic carbocycles. The van der Waals surface area contributed by atoms with Crippen molar-refractivity contribution >= 4 is 22.4 Å². The van der Waals surface area contributed by atoms with Crippen molar-refractivity contribution in [2.75, 3.05) is 5.32 Å². The number of benzene rings is 2. The fraction of sp³-hybridized carbons (Fsp3) is 0.261. The van der Waals surface area contributed by atoms with Crippen molar-refractivity contribution in [1.82, 2.24) is 24.5 Å². The van der Waals surface area contributed by atoms with Gasteiger partial charge < -0.3 is 9.88 Å². The molecule has 8 nitrogen and oxygen atoms in total. The minimum absolute atomic E-state index is 0.116. The summed E-state index contributed by atoms with van der Waals surface area (Å²) in [4.78, 5) is 25.4. The molecule has 9 heteroatoms. The van der Waals surface area contributed by atoms with Crippen molar-refractivity contribution in [2.24, 2.45) is 7.05 Å². The van der Waals surface area contributed by atoms with Gasteiger partial charge in [0.1, 0.15) is 11.6 Å². The summed E-state index contributed by atoms with van der Waals surface area (Å²) in [6, 6.07) is 11.2. The number of amides is 1. The van der Waals surface area contributed by atoms with Crippen LogP contribution in [0, 0.1) is 5.82 Å². The number of hydrogen-bond acceptors (Lipinski definition) is 5. The molecule has 2 aromatic heterocycles. The lowest BCUT2D eigenvalue weighted by Gasteiger charge is -2.11. The van der Waals surface area contributed by atoms with Crippen LogP contribution >= 0.6 is 0 Å². The zero-order valence-electron chi connectivity index (χ0n) is 17.5. The minimum Gasteiger partial charge on any atom is -0.321 e. The number of aromatic nitrogens is 5. The fourth-order valence-electron chi connectivity index (χ4n) is 4.12. The number of rotatable bonds is 3. The molecule has 32 heavy (non-hydrogen) atoms. The lowest BCUT2D eigenvalue weighted by molar-refractivity contribution is 0.102. The van der Waals surface area contributed by atoms with Crippen LogP contribution in [0.15, 0.2) is 47.3 Å². The van der Waals surface area contributed by atoms with Crippen LogP contribution in [0.5, 0.6) is 0 Å². The van der Waals surface area contributed by atoms with Gasteiger partial charge in [-0.1, -0.05) is 24.6 Å². The SMILES string of the molecule is Cn1nc(C(=O)Nc2ccc(F)c(-c3nnc4n3CCCCC4)c2)c2ccccc2c1=O. The van der Waals surface area contributed by atoms with Crippen molar-refractivity contribution in [3.05, 3.63) is 70.2 Å². The highest BCUT2D eigenvalue weighted by atomic mass is 19.1. The number of hydrogen-bond donors (Lipinski definition) is 1. The second kappa shape index (κ2) is 7.99. The van der Waals surface area contributed by atoms with Crippen LogP contribution in [0.25, 0.3) is 22.2 Å². The maximum Gasteiger partial charge on any atom is 0.276 e. The van der Waals surface area contributed by atoms with E-state index in [4.69, 9.17) is 0 Å². The second-order valence-electron chi connectivity index (χ2n) is 7.87. The van der Waals surface area contributed by atoms with Crippen molar-refractivity contribution in [3.63, 3.8) is 0 Å². The molecule has 0 fully saturated rings. The van der Waals surface area contributed by atoms with E-state index in [2.05, 4.69) is 20.6 Å². The number of nitrogens with zero attached hydrogens (tertiary/aromatic N) is 5. The molecule has 0 atom stereocenters. The first-order valence-electron chi connectivity index (χ1n) is 10.5. The summed E-state index contributed by atoms with van der Waals surface area (Å²) in [7, 11) is 1.50. The molecule has 3 heterocycles. The van der Waals surface area contributed by atoms with Gasteiger partial charge in [-0.3, -0.25) is 9.59 Å². The number of halogens is 1. The molecule has 0 bridgehead atoms. The van der Waals surface area contributed by atoms with Gasteiger partial charge in [-0.15, -0.1) is 10.2 Å². The Labute approximate surface area is 182 Å². The highest BCUT2D eigenvalue weighted by Crippen LogP contribution is 2.28. The van der Waals surface area contributed by atoms with Gasteiger partial charge in [-0.05, 0) is 37.1 Å². The lowest BCUT2D eigenvalue weighted by Crippen LogP contribution is -2.25. The highest BCUT2D eigenvalue weighted by Gasteiger charge is 2.20. The zero-order chi connectivity index (χ0) is 22.2. The quantitative estimate of drug-likeness (QED) is 0.536. The Morgan fingerprint density at radius 2 is 1.88 bits per heavy atom. The van der Waals surface area contributed by atoms with Crippen LogP contribution in [0.4, 0.5) is 10.1 Å². The Bertz CT molecular complexity index is 1410. The molecular formula is C23H21FN6O2. The van der Waals surface area contributed by atoms with Crippen LogP contribution in [0.2, 0.25) is 0 Å². The number of carbonyl (C=O) groups excluding carboxylic acids is 1. The van der Waals surface area contributed by atoms with Crippen LogP contribution in [0.1, 0.15) is 35.6 Å². The Hall–Kier alpha value is -3.88. The van der Waals surface area contributed by atoms with E-state index in [-0.39, 0.29) is 16.8 Å². The van der Waals surface area contributed by atoms with Crippen molar-refractivity contribution in [2.45, 2.75) is 32.2 Å². The molecule has 0 spiro atoms. The standard InChI is InChI=1S/C23H21FN6O2/c1-29-23(32)16-8-5-4-7-15(16)20(28-29)22(31)25-14-10-11-18(24)17(13-14)21-27-26-19-9-3-2-6-12-30(19)21/h4-5,7-8,10-11,13H,2-3,6,9,12H2,1H3,(H,25,31). The molecule has 162 valence electrons. The number of fused-ring (bicyclic) bond motifs is 2. The van der Waals surface area contributed by atoms with Gasteiger partial charge in [-0.2, -0.15) is 5.10 Å². The summed E-state index contributed by atoms with van der Waals surface area (Å²) in [6.45, 7) is 0.738. The molecular weight excluding hydrogens is 411 g/mol. The molecule has 5 rings (SSSR count). The van der Waals surface area contributed by atoms with Gasteiger partial charge in [0.15, 0.2) is 11.5 Å². The maximum absolute atomic E-state index is 14.7. The Morgan fingerprint density at radius 3 is 2.72 bits per heavy atom. The van der Waals surface area contributed by atoms with Gasteiger partial charge in [-0.25, -0.2) is 9.07 Å². The van der Waals surface area contributed by atoms with Gasteiger partial charge in [0, 0.05) is 31.1 Å². The minimum atomic E-state index is -0.491. The zero-order valence-corrected chi connectivity index (χ0v) is 17.5. The molecule has 1 N–H and O–H groups in total. The molecule has 0 radical (unpaired) electrons. The second-order valence-corrected chi connectivity index (χ2v) is 7.87. The number of aryl methyl sites for hydroxylation is 2. The van der Waals surface area contributed by atoms with E-state index in [1.165, 1.54) is 19.2 Å². The summed E-state index contributed by atoms with van der Waals surface area (Å²) in [6.07, 6.45) is 3.94. The first-order valence-corrected chi connectivity index (χ1v) is 10.5. The summed E-state index contributed by atoms with van der Waals surface area (Å²) < 4.78 is 17.8. The van der Waals surface area contributed by atoms with Gasteiger partial charge in [0.25, 0.3) is 11.5 Å². The summed E-state index contributed by atoms with van der Waals surface area (Å²) in [5.41, 5.74) is 0.512. The smallest absolute Gasteiger partial charge is 0.276 e. The molecule has 0 unspecified atom stereocenters. The summed E-state index contributed by atoms with van der Waals surface area (Å²) in [5.74, 6) is 0.385. The van der Waals surface area contributed by atoms with Gasteiger partial charge in [0.05, 0.1) is 10.9 Å². The van der Waals surface area contributed by atoms with Gasteiger partial charge >= 0.3 is 0 Å². The largest absolute Gasteiger partial charge is 0.321 e. The third-order valence-electron chi connectivity index (χ3n) is 5.75. The summed E-state index contributed by atoms with van der Waals surface area (Å²) >= 11 is 0. The first kappa shape index (κ1) is 20.0. The highest BCUT2D eigenvalue weighted by molar-refractivity contribution is 6.11. The average molecular weight is 432 g/mol. The molecule has 4 aromatic rings. The Balaban J connectivity index is 1.51. The maximum atomic E-state index is 14.7. The molecule has 1 amide bonds. The van der Waals surface area contributed by atoms with Crippen molar-refractivity contribution < 1.29 is 9.18 Å². The van der Waals surface area contributed by atoms with E-state index in [0.717, 1.165) is 42.7 Å². The molecule has 0 saturated carbocycles. The van der Waals surface area contributed by atoms with E-state index >= 15 is 0 Å². The molecule has 1 aliphatic rings. The lowest BCUT2D eigenvalue weighted by atomic mass is 10.1. The predicted molar refractivity (Wildman–Crippen MR) is 118 cm³/mol. The average Bonchev–Trinajstić information content (AvgIpc) is 3.05. The predicted octanol–water partition coefficient (Wildman–Crippen LogP) is 3.31. The third kappa shape index (κ3) is 3.45. The Kier molecular flexibility index (Phi) is 5.01. The Morgan fingerprint density at radius 1 is 1.06 bits per heavy atom. The van der Waals surface area contributed by atoms with Crippen LogP contribution < -0.4 is 10.9 Å². The van der Waals surface area contributed by atoms with Crippen molar-refractivity contribution in [3.8, 4) is 11.4 Å². The van der Waals surface area contributed by atoms with Crippen LogP contribution in [0.3, 0.4) is 0 Å². The normalized spacial score (nSPS) is 13.6. The number of nitrogens with one attached hydrogen (secondary N) is 1. The van der Waals surface area contributed by atoms with E-state index in [9.17, 15) is 14.0 Å². The number of anilines is 1. The first-order chi connectivity index (χ1) is 15.5. The fourth-order valence-corrected chi connectivity index (χ4v) is 4.12. The van der Waals surface area contributed by atoms with Crippen LogP contribution in [-0.2, 0) is 20.0 Å². The van der Waals surface area contributed by atoms with Crippen molar-refractivity contribution in [1.29, 1.82) is 0 Å². The van der Waals surface area contributed by atoms with Gasteiger partial charge in [0.2, 0.25) is 0 Å². The third-order valence-corrected chi connectivity index (χ3v) is 5.75. The van der Waals surface area contributed by atoms with Crippen LogP contribution in [-0.4, -0.2) is 30.5 Å². The van der Waals surface area contributed by atoms with E-state index < -0.39 is 11.7 Å². The van der Waals surface area contributed by atoms with E-state index in [1.807, 2.05) is 4.57 Å². The number of carbonyl (C=O) groups is 1. The molecule has 1 aliphatic heterocycles. The molecule has 0 saturated heterocycles. The summed E-state index contributed by atoms with van der Waals surface area (Å²) in [5, 5.41) is 16.2. The van der Waals surface area contributed by atoms with E-state index in [1.54, 1.807) is 30.3 Å².